The number of nitrogens with zero attached hydrogens (tertiary/aromatic N) is 2. The van der Waals surface area contributed by atoms with E-state index in [4.69, 9.17) is 4.74 Å². The first kappa shape index (κ1) is 17.7. The first-order valence-electron chi connectivity index (χ1n) is 7.80. The molecule has 0 spiro atoms. The van der Waals surface area contributed by atoms with Gasteiger partial charge in [0, 0.05) is 12.4 Å². The van der Waals surface area contributed by atoms with Crippen molar-refractivity contribution >= 4 is 27.3 Å². The first-order chi connectivity index (χ1) is 12.5. The number of hydrogen-bond acceptors (Lipinski definition) is 6. The van der Waals surface area contributed by atoms with Gasteiger partial charge in [-0.15, -0.1) is 0 Å². The van der Waals surface area contributed by atoms with E-state index in [0.717, 1.165) is 5.56 Å². The van der Waals surface area contributed by atoms with E-state index >= 15 is 0 Å². The van der Waals surface area contributed by atoms with Crippen LogP contribution >= 0.6 is 0 Å². The minimum atomic E-state index is -3.76. The van der Waals surface area contributed by atoms with Gasteiger partial charge in [-0.1, -0.05) is 12.1 Å². The third-order valence-electron chi connectivity index (χ3n) is 3.69. The van der Waals surface area contributed by atoms with E-state index < -0.39 is 10.0 Å². The molecular weight excluding hydrogens is 352 g/mol. The minimum absolute atomic E-state index is 0.140. The molecule has 1 aromatic heterocycles. The molecule has 7 nitrogen and oxygen atoms in total. The van der Waals surface area contributed by atoms with Crippen molar-refractivity contribution in [2.45, 2.75) is 11.8 Å². The van der Waals surface area contributed by atoms with E-state index in [9.17, 15) is 8.42 Å². The van der Waals surface area contributed by atoms with Crippen molar-refractivity contribution in [2.75, 3.05) is 17.1 Å². The van der Waals surface area contributed by atoms with Gasteiger partial charge in [0.15, 0.2) is 0 Å². The summed E-state index contributed by atoms with van der Waals surface area (Å²) in [6.45, 7) is 1.87. The lowest BCUT2D eigenvalue weighted by atomic mass is 10.2. The van der Waals surface area contributed by atoms with E-state index in [0.29, 0.717) is 23.1 Å². The summed E-state index contributed by atoms with van der Waals surface area (Å²) in [6.07, 6.45) is 3.21. The Balaban J connectivity index is 1.92. The Hall–Kier alpha value is -3.13. The van der Waals surface area contributed by atoms with Crippen molar-refractivity contribution in [3.8, 4) is 5.75 Å². The molecule has 2 aromatic carbocycles. The summed E-state index contributed by atoms with van der Waals surface area (Å²) in [4.78, 5) is 8.37. The number of hydrogen-bond donors (Lipinski definition) is 2. The zero-order valence-corrected chi connectivity index (χ0v) is 15.1. The second-order valence-electron chi connectivity index (χ2n) is 5.48. The summed E-state index contributed by atoms with van der Waals surface area (Å²) < 4.78 is 33.1. The first-order valence-corrected chi connectivity index (χ1v) is 9.28. The standard InChI is InChI=1S/C18H18N4O3S/c1-13-5-3-6-16(17(13)21-18-19-11-4-12-20-18)22-26(23,24)15-9-7-14(25-2)8-10-15/h3-12,22H,1-2H3,(H,19,20,21). The number of sulfonamides is 1. The van der Waals surface area contributed by atoms with Crippen LogP contribution in [0.4, 0.5) is 17.3 Å². The van der Waals surface area contributed by atoms with Gasteiger partial charge in [-0.3, -0.25) is 4.72 Å². The van der Waals surface area contributed by atoms with Crippen LogP contribution < -0.4 is 14.8 Å². The lowest BCUT2D eigenvalue weighted by molar-refractivity contribution is 0.414. The van der Waals surface area contributed by atoms with Gasteiger partial charge in [-0.05, 0) is 48.9 Å². The molecule has 0 amide bonds. The second kappa shape index (κ2) is 7.40. The highest BCUT2D eigenvalue weighted by Gasteiger charge is 2.17. The Morgan fingerprint density at radius 3 is 2.31 bits per heavy atom. The highest BCUT2D eigenvalue weighted by molar-refractivity contribution is 7.92. The Labute approximate surface area is 152 Å². The quantitative estimate of drug-likeness (QED) is 0.691. The number of aromatic nitrogens is 2. The number of methoxy groups -OCH3 is 1. The third-order valence-corrected chi connectivity index (χ3v) is 5.07. The summed E-state index contributed by atoms with van der Waals surface area (Å²) in [5.41, 5.74) is 1.86. The van der Waals surface area contributed by atoms with Gasteiger partial charge in [0.2, 0.25) is 5.95 Å². The van der Waals surface area contributed by atoms with Gasteiger partial charge < -0.3 is 10.1 Å². The number of para-hydroxylation sites is 1. The average molecular weight is 370 g/mol. The van der Waals surface area contributed by atoms with Crippen molar-refractivity contribution < 1.29 is 13.2 Å². The molecule has 1 heterocycles. The van der Waals surface area contributed by atoms with Crippen molar-refractivity contribution in [1.82, 2.24) is 9.97 Å². The molecule has 0 saturated carbocycles. The summed E-state index contributed by atoms with van der Waals surface area (Å²) in [6, 6.07) is 13.2. The van der Waals surface area contributed by atoms with E-state index in [1.54, 1.807) is 42.7 Å². The van der Waals surface area contributed by atoms with Crippen LogP contribution in [0.25, 0.3) is 0 Å². The number of anilines is 3. The summed E-state index contributed by atoms with van der Waals surface area (Å²) in [5, 5.41) is 3.06. The Bertz CT molecular complexity index is 991. The van der Waals surface area contributed by atoms with Gasteiger partial charge in [0.05, 0.1) is 23.4 Å². The van der Waals surface area contributed by atoms with Crippen LogP contribution in [0.2, 0.25) is 0 Å². The maximum atomic E-state index is 12.7. The van der Waals surface area contributed by atoms with Crippen LogP contribution in [0.5, 0.6) is 5.75 Å². The normalized spacial score (nSPS) is 11.0. The Kier molecular flexibility index (Phi) is 5.04. The number of aryl methyl sites for hydroxylation is 1. The van der Waals surface area contributed by atoms with Gasteiger partial charge in [-0.25, -0.2) is 18.4 Å². The van der Waals surface area contributed by atoms with Crippen LogP contribution in [-0.2, 0) is 10.0 Å². The molecule has 0 unspecified atom stereocenters. The average Bonchev–Trinajstić information content (AvgIpc) is 2.65. The van der Waals surface area contributed by atoms with Crippen LogP contribution in [0, 0.1) is 6.92 Å². The molecule has 134 valence electrons. The molecule has 0 aliphatic rings. The minimum Gasteiger partial charge on any atom is -0.497 e. The fourth-order valence-electron chi connectivity index (χ4n) is 2.35. The molecule has 8 heteroatoms. The topological polar surface area (TPSA) is 93.2 Å². The van der Waals surface area contributed by atoms with E-state index in [1.165, 1.54) is 19.2 Å². The third kappa shape index (κ3) is 3.92. The highest BCUT2D eigenvalue weighted by atomic mass is 32.2. The molecule has 3 aromatic rings. The van der Waals surface area contributed by atoms with E-state index in [1.807, 2.05) is 13.0 Å². The number of rotatable bonds is 6. The predicted molar refractivity (Wildman–Crippen MR) is 100 cm³/mol. The van der Waals surface area contributed by atoms with Crippen molar-refractivity contribution in [2.24, 2.45) is 0 Å². The van der Waals surface area contributed by atoms with E-state index in [2.05, 4.69) is 20.0 Å². The summed E-state index contributed by atoms with van der Waals surface area (Å²) in [5.74, 6) is 0.967. The molecule has 0 aliphatic carbocycles. The van der Waals surface area contributed by atoms with Crippen LogP contribution in [0.15, 0.2) is 65.8 Å². The predicted octanol–water partition coefficient (Wildman–Crippen LogP) is 3.34. The Morgan fingerprint density at radius 2 is 1.65 bits per heavy atom. The van der Waals surface area contributed by atoms with Gasteiger partial charge in [0.1, 0.15) is 5.75 Å². The molecule has 0 bridgehead atoms. The molecule has 2 N–H and O–H groups in total. The smallest absolute Gasteiger partial charge is 0.261 e. The molecule has 0 radical (unpaired) electrons. The fourth-order valence-corrected chi connectivity index (χ4v) is 3.42. The number of nitrogens with one attached hydrogen (secondary N) is 2. The molecule has 0 saturated heterocycles. The molecule has 0 aliphatic heterocycles. The zero-order chi connectivity index (χ0) is 18.6. The number of benzene rings is 2. The lowest BCUT2D eigenvalue weighted by Crippen LogP contribution is -2.14. The summed E-state index contributed by atoms with van der Waals surface area (Å²) >= 11 is 0. The van der Waals surface area contributed by atoms with Gasteiger partial charge in [0.25, 0.3) is 10.0 Å². The molecule has 0 atom stereocenters. The molecule has 3 rings (SSSR count). The molecule has 0 fully saturated rings. The molecule has 26 heavy (non-hydrogen) atoms. The van der Waals surface area contributed by atoms with Crippen LogP contribution in [0.1, 0.15) is 5.56 Å². The van der Waals surface area contributed by atoms with Crippen molar-refractivity contribution in [3.05, 3.63) is 66.5 Å². The zero-order valence-electron chi connectivity index (χ0n) is 14.3. The van der Waals surface area contributed by atoms with Crippen LogP contribution in [-0.4, -0.2) is 25.5 Å². The monoisotopic (exact) mass is 370 g/mol. The summed E-state index contributed by atoms with van der Waals surface area (Å²) in [7, 11) is -2.23. The molecular formula is C18H18N4O3S. The lowest BCUT2D eigenvalue weighted by Gasteiger charge is -2.15. The largest absolute Gasteiger partial charge is 0.497 e. The maximum Gasteiger partial charge on any atom is 0.261 e. The van der Waals surface area contributed by atoms with Gasteiger partial charge >= 0.3 is 0 Å². The van der Waals surface area contributed by atoms with Crippen molar-refractivity contribution in [1.29, 1.82) is 0 Å². The SMILES string of the molecule is COc1ccc(S(=O)(=O)Nc2cccc(C)c2Nc2ncccn2)cc1. The highest BCUT2D eigenvalue weighted by Crippen LogP contribution is 2.30. The van der Waals surface area contributed by atoms with Crippen molar-refractivity contribution in [3.63, 3.8) is 0 Å². The van der Waals surface area contributed by atoms with E-state index in [-0.39, 0.29) is 4.90 Å². The Morgan fingerprint density at radius 1 is 0.962 bits per heavy atom. The van der Waals surface area contributed by atoms with Crippen LogP contribution in [0.3, 0.4) is 0 Å². The van der Waals surface area contributed by atoms with Gasteiger partial charge in [-0.2, -0.15) is 0 Å². The second-order valence-corrected chi connectivity index (χ2v) is 7.16. The fraction of sp³-hybridized carbons (Fsp3) is 0.111. The number of ether oxygens (including phenoxy) is 1. The maximum absolute atomic E-state index is 12.7.